The van der Waals surface area contributed by atoms with Crippen molar-refractivity contribution < 1.29 is 19.1 Å². The number of nitrogens with one attached hydrogen (secondary N) is 1. The number of carbonyl (C=O) groups is 2. The summed E-state index contributed by atoms with van der Waals surface area (Å²) in [6.45, 7) is 4.04. The number of aryl methyl sites for hydroxylation is 2. The number of carbonyl (C=O) groups excluding carboxylic acids is 2. The monoisotopic (exact) mass is 482 g/mol. The van der Waals surface area contributed by atoms with Gasteiger partial charge < -0.3 is 19.7 Å². The number of hydrogen-bond donors (Lipinski definition) is 1. The van der Waals surface area contributed by atoms with Crippen LogP contribution in [0.5, 0.6) is 11.5 Å². The van der Waals surface area contributed by atoms with Crippen LogP contribution in [0.1, 0.15) is 31.7 Å². The second-order valence-electron chi connectivity index (χ2n) is 7.79. The Kier molecular flexibility index (Phi) is 6.95. The van der Waals surface area contributed by atoms with Crippen molar-refractivity contribution in [2.45, 2.75) is 25.3 Å². The van der Waals surface area contributed by atoms with Gasteiger partial charge in [0.2, 0.25) is 5.91 Å². The second kappa shape index (κ2) is 9.89. The highest BCUT2D eigenvalue weighted by Gasteiger charge is 2.43. The third-order valence-electron chi connectivity index (χ3n) is 5.73. The molecule has 0 saturated carbocycles. The van der Waals surface area contributed by atoms with E-state index in [1.807, 2.05) is 49.6 Å². The first-order valence-corrected chi connectivity index (χ1v) is 12.4. The summed E-state index contributed by atoms with van der Waals surface area (Å²) in [5.74, 6) is 1.11. The normalized spacial score (nSPS) is 17.6. The summed E-state index contributed by atoms with van der Waals surface area (Å²) in [5.41, 5.74) is 3.43. The Morgan fingerprint density at radius 2 is 1.79 bits per heavy atom. The molecular formula is C25H26N2O4S2. The highest BCUT2D eigenvalue weighted by molar-refractivity contribution is 7.99. The van der Waals surface area contributed by atoms with Gasteiger partial charge in [0.05, 0.1) is 14.2 Å². The number of thioether (sulfide) groups is 1. The molecule has 2 heterocycles. The fourth-order valence-electron chi connectivity index (χ4n) is 3.77. The van der Waals surface area contributed by atoms with E-state index in [1.54, 1.807) is 53.3 Å². The summed E-state index contributed by atoms with van der Waals surface area (Å²) in [4.78, 5) is 29.8. The molecular weight excluding hydrogens is 456 g/mol. The van der Waals surface area contributed by atoms with Crippen LogP contribution < -0.4 is 14.8 Å². The summed E-state index contributed by atoms with van der Waals surface area (Å²) < 4.78 is 10.7. The molecule has 1 N–H and O–H groups in total. The molecule has 8 heteroatoms. The number of amides is 2. The van der Waals surface area contributed by atoms with Crippen molar-refractivity contribution in [2.75, 3.05) is 25.3 Å². The molecule has 0 bridgehead atoms. The van der Waals surface area contributed by atoms with Crippen molar-refractivity contribution in [2.24, 2.45) is 0 Å². The third-order valence-corrected chi connectivity index (χ3v) is 8.11. The zero-order chi connectivity index (χ0) is 23.5. The number of anilines is 1. The second-order valence-corrected chi connectivity index (χ2v) is 9.88. The number of thiophene rings is 1. The molecule has 0 spiro atoms. The summed E-state index contributed by atoms with van der Waals surface area (Å²) >= 11 is 3.18. The molecule has 1 aliphatic rings. The van der Waals surface area contributed by atoms with Gasteiger partial charge >= 0.3 is 0 Å². The van der Waals surface area contributed by atoms with Crippen molar-refractivity contribution in [3.63, 3.8) is 0 Å². The Bertz CT molecular complexity index is 1160. The maximum absolute atomic E-state index is 13.7. The van der Waals surface area contributed by atoms with E-state index in [-0.39, 0.29) is 17.2 Å². The summed E-state index contributed by atoms with van der Waals surface area (Å²) in [6.07, 6.45) is 0. The van der Waals surface area contributed by atoms with Gasteiger partial charge in [0.25, 0.3) is 5.91 Å². The molecule has 6 nitrogen and oxygen atoms in total. The van der Waals surface area contributed by atoms with E-state index < -0.39 is 6.04 Å². The first-order valence-electron chi connectivity index (χ1n) is 10.5. The molecule has 2 amide bonds. The highest BCUT2D eigenvalue weighted by Crippen LogP contribution is 2.44. The zero-order valence-corrected chi connectivity index (χ0v) is 20.6. The zero-order valence-electron chi connectivity index (χ0n) is 19.0. The topological polar surface area (TPSA) is 67.9 Å². The summed E-state index contributed by atoms with van der Waals surface area (Å²) in [5, 5.41) is 4.76. The van der Waals surface area contributed by atoms with E-state index in [9.17, 15) is 9.59 Å². The van der Waals surface area contributed by atoms with Crippen LogP contribution in [0.25, 0.3) is 0 Å². The van der Waals surface area contributed by atoms with Gasteiger partial charge in [-0.05, 0) is 66.8 Å². The predicted octanol–water partition coefficient (Wildman–Crippen LogP) is 5.28. The summed E-state index contributed by atoms with van der Waals surface area (Å²) in [6, 6.07) is 14.2. The van der Waals surface area contributed by atoms with E-state index in [0.29, 0.717) is 22.8 Å². The van der Waals surface area contributed by atoms with E-state index in [4.69, 9.17) is 9.47 Å². The van der Waals surface area contributed by atoms with Crippen molar-refractivity contribution >= 4 is 40.6 Å². The number of nitrogens with zero attached hydrogens (tertiary/aromatic N) is 1. The van der Waals surface area contributed by atoms with E-state index >= 15 is 0 Å². The van der Waals surface area contributed by atoms with Gasteiger partial charge in [0.1, 0.15) is 11.4 Å². The minimum atomic E-state index is -0.607. The van der Waals surface area contributed by atoms with Gasteiger partial charge in [-0.15, -0.1) is 23.1 Å². The Morgan fingerprint density at radius 1 is 1.00 bits per heavy atom. The molecule has 0 radical (unpaired) electrons. The molecule has 0 aliphatic carbocycles. The third kappa shape index (κ3) is 4.72. The van der Waals surface area contributed by atoms with Crippen molar-refractivity contribution in [3.05, 3.63) is 75.5 Å². The Balaban J connectivity index is 1.66. The lowest BCUT2D eigenvalue weighted by molar-refractivity contribution is -0.119. The minimum absolute atomic E-state index is 0.196. The smallest absolute Gasteiger partial charge is 0.255 e. The average molecular weight is 483 g/mol. The molecule has 1 aromatic heterocycles. The van der Waals surface area contributed by atoms with Crippen LogP contribution in [0.4, 0.5) is 5.69 Å². The molecule has 33 heavy (non-hydrogen) atoms. The van der Waals surface area contributed by atoms with E-state index in [2.05, 4.69) is 5.32 Å². The molecule has 1 fully saturated rings. The Hall–Kier alpha value is -2.97. The van der Waals surface area contributed by atoms with Gasteiger partial charge in [-0.1, -0.05) is 12.1 Å². The number of ether oxygens (including phenoxy) is 2. The molecule has 2 unspecified atom stereocenters. The first kappa shape index (κ1) is 23.2. The quantitative estimate of drug-likeness (QED) is 0.518. The van der Waals surface area contributed by atoms with Crippen molar-refractivity contribution in [1.82, 2.24) is 4.90 Å². The van der Waals surface area contributed by atoms with Crippen LogP contribution in [0.3, 0.4) is 0 Å². The van der Waals surface area contributed by atoms with Gasteiger partial charge in [0.15, 0.2) is 11.5 Å². The van der Waals surface area contributed by atoms with Gasteiger partial charge in [0, 0.05) is 21.9 Å². The maximum atomic E-state index is 13.7. The fourth-order valence-corrected chi connectivity index (χ4v) is 6.17. The molecule has 1 aliphatic heterocycles. The molecule has 172 valence electrons. The number of methoxy groups -OCH3 is 2. The van der Waals surface area contributed by atoms with Crippen molar-refractivity contribution in [3.8, 4) is 11.5 Å². The van der Waals surface area contributed by atoms with Gasteiger partial charge in [-0.3, -0.25) is 9.59 Å². The standard InChI is InChI=1S/C25H26N2O4S2/c1-15-7-9-18(12-16(15)2)26-23(28)19-14-33-25(22-6-5-11-32-22)27(19)24(29)17-8-10-20(30-3)21(13-17)31-4/h5-13,19,25H,14H2,1-4H3,(H,26,28). The molecule has 1 saturated heterocycles. The van der Waals surface area contributed by atoms with Gasteiger partial charge in [-0.2, -0.15) is 0 Å². The van der Waals surface area contributed by atoms with Crippen LogP contribution in [0.2, 0.25) is 0 Å². The number of rotatable bonds is 6. The Labute approximate surface area is 201 Å². The first-order chi connectivity index (χ1) is 15.9. The van der Waals surface area contributed by atoms with Crippen LogP contribution >= 0.6 is 23.1 Å². The molecule has 3 aromatic rings. The van der Waals surface area contributed by atoms with E-state index in [0.717, 1.165) is 21.7 Å². The highest BCUT2D eigenvalue weighted by atomic mass is 32.2. The fraction of sp³-hybridized carbons (Fsp3) is 0.280. The van der Waals surface area contributed by atoms with E-state index in [1.165, 1.54) is 7.11 Å². The summed E-state index contributed by atoms with van der Waals surface area (Å²) in [7, 11) is 3.09. The number of hydrogen-bond acceptors (Lipinski definition) is 6. The van der Waals surface area contributed by atoms with Crippen LogP contribution in [0.15, 0.2) is 53.9 Å². The lowest BCUT2D eigenvalue weighted by Gasteiger charge is -2.28. The molecule has 2 atom stereocenters. The van der Waals surface area contributed by atoms with Crippen LogP contribution in [0, 0.1) is 13.8 Å². The Morgan fingerprint density at radius 3 is 2.45 bits per heavy atom. The van der Waals surface area contributed by atoms with Gasteiger partial charge in [-0.25, -0.2) is 0 Å². The average Bonchev–Trinajstić information content (AvgIpc) is 3.50. The van der Waals surface area contributed by atoms with Crippen molar-refractivity contribution in [1.29, 1.82) is 0 Å². The molecule has 4 rings (SSSR count). The lowest BCUT2D eigenvalue weighted by Crippen LogP contribution is -2.45. The minimum Gasteiger partial charge on any atom is -0.493 e. The SMILES string of the molecule is COc1ccc(C(=O)N2C(C(=O)Nc3ccc(C)c(C)c3)CSC2c2cccs2)cc1OC. The maximum Gasteiger partial charge on any atom is 0.255 e. The largest absolute Gasteiger partial charge is 0.493 e. The van der Waals surface area contributed by atoms with Crippen LogP contribution in [-0.2, 0) is 4.79 Å². The van der Waals surface area contributed by atoms with Crippen LogP contribution in [-0.4, -0.2) is 42.7 Å². The molecule has 2 aromatic carbocycles. The lowest BCUT2D eigenvalue weighted by atomic mass is 10.1. The number of benzene rings is 2. The predicted molar refractivity (Wildman–Crippen MR) is 134 cm³/mol.